The number of carbonyl (C=O) groups is 1. The molecule has 0 spiro atoms. The zero-order valence-corrected chi connectivity index (χ0v) is 14.2. The van der Waals surface area contributed by atoms with Crippen LogP contribution in [0.3, 0.4) is 0 Å². The highest BCUT2D eigenvalue weighted by Gasteiger charge is 2.13. The van der Waals surface area contributed by atoms with Gasteiger partial charge >= 0.3 is 0 Å². The minimum Gasteiger partial charge on any atom is -0.497 e. The molecule has 0 atom stereocenters. The molecule has 1 heterocycles. The molecule has 0 fully saturated rings. The Morgan fingerprint density at radius 3 is 2.35 bits per heavy atom. The van der Waals surface area contributed by atoms with E-state index in [1.165, 1.54) is 0 Å². The maximum atomic E-state index is 12.3. The lowest BCUT2D eigenvalue weighted by atomic mass is 10.2. The molecule has 0 aliphatic heterocycles. The Labute approximate surface area is 137 Å². The third kappa shape index (κ3) is 5.14. The molecule has 0 bridgehead atoms. The molecule has 2 rings (SSSR count). The number of nitrogens with zero attached hydrogens (tertiary/aromatic N) is 2. The monoisotopic (exact) mass is 316 g/mol. The topological polar surface area (TPSA) is 45.9 Å². The summed E-state index contributed by atoms with van der Waals surface area (Å²) < 4.78 is 10.7. The Balaban J connectivity index is 1.83. The second-order valence-corrected chi connectivity index (χ2v) is 5.78. The minimum absolute atomic E-state index is 0.0756. The number of carbonyl (C=O) groups excluding carboxylic acids is 1. The van der Waals surface area contributed by atoms with Gasteiger partial charge in [-0.1, -0.05) is 12.1 Å². The third-order valence-corrected chi connectivity index (χ3v) is 3.63. The number of ether oxygens (including phenoxy) is 1. The molecule has 0 N–H and O–H groups in total. The van der Waals surface area contributed by atoms with Crippen LogP contribution < -0.4 is 4.74 Å². The maximum absolute atomic E-state index is 12.3. The molecule has 23 heavy (non-hydrogen) atoms. The molecule has 2 aromatic rings. The van der Waals surface area contributed by atoms with Crippen LogP contribution in [0.4, 0.5) is 0 Å². The molecule has 124 valence electrons. The molecule has 0 aliphatic carbocycles. The van der Waals surface area contributed by atoms with Crippen LogP contribution in [-0.4, -0.2) is 43.5 Å². The van der Waals surface area contributed by atoms with Crippen molar-refractivity contribution in [2.75, 3.05) is 27.7 Å². The van der Waals surface area contributed by atoms with E-state index in [1.807, 2.05) is 62.3 Å². The van der Waals surface area contributed by atoms with E-state index in [2.05, 4.69) is 0 Å². The molecule has 5 heteroatoms. The maximum Gasteiger partial charge on any atom is 0.236 e. The van der Waals surface area contributed by atoms with Gasteiger partial charge in [-0.3, -0.25) is 9.69 Å². The quantitative estimate of drug-likeness (QED) is 0.788. The van der Waals surface area contributed by atoms with E-state index in [0.29, 0.717) is 19.6 Å². The molecular weight excluding hydrogens is 292 g/mol. The fraction of sp³-hybridized carbons (Fsp3) is 0.389. The molecule has 1 amide bonds. The lowest BCUT2D eigenvalue weighted by Crippen LogP contribution is -2.35. The van der Waals surface area contributed by atoms with Crippen molar-refractivity contribution in [3.8, 4) is 5.75 Å². The van der Waals surface area contributed by atoms with Crippen molar-refractivity contribution in [1.82, 2.24) is 9.80 Å². The summed E-state index contributed by atoms with van der Waals surface area (Å²) in [5.41, 5.74) is 1.07. The summed E-state index contributed by atoms with van der Waals surface area (Å²) in [6, 6.07) is 11.6. The first-order valence-corrected chi connectivity index (χ1v) is 7.58. The van der Waals surface area contributed by atoms with E-state index in [4.69, 9.17) is 9.15 Å². The number of furan rings is 1. The summed E-state index contributed by atoms with van der Waals surface area (Å²) in [6.45, 7) is 3.47. The first kappa shape index (κ1) is 17.1. The van der Waals surface area contributed by atoms with Crippen molar-refractivity contribution in [3.05, 3.63) is 53.5 Å². The number of likely N-dealkylation sites (N-methyl/N-ethyl adjacent to an activating group) is 2. The van der Waals surface area contributed by atoms with Crippen LogP contribution in [0.25, 0.3) is 0 Å². The van der Waals surface area contributed by atoms with Crippen molar-refractivity contribution in [2.24, 2.45) is 0 Å². The number of hydrogen-bond donors (Lipinski definition) is 0. The first-order valence-electron chi connectivity index (χ1n) is 7.58. The average Bonchev–Trinajstić information content (AvgIpc) is 2.92. The second kappa shape index (κ2) is 7.83. The van der Waals surface area contributed by atoms with Crippen molar-refractivity contribution in [2.45, 2.75) is 20.0 Å². The van der Waals surface area contributed by atoms with Gasteiger partial charge in [0, 0.05) is 13.6 Å². The van der Waals surface area contributed by atoms with Crippen LogP contribution in [-0.2, 0) is 17.9 Å². The number of hydrogen-bond acceptors (Lipinski definition) is 4. The highest BCUT2D eigenvalue weighted by molar-refractivity contribution is 5.77. The highest BCUT2D eigenvalue weighted by atomic mass is 16.5. The number of benzene rings is 1. The van der Waals surface area contributed by atoms with Gasteiger partial charge < -0.3 is 14.1 Å². The molecule has 5 nitrogen and oxygen atoms in total. The lowest BCUT2D eigenvalue weighted by molar-refractivity contribution is -0.131. The van der Waals surface area contributed by atoms with Crippen molar-refractivity contribution in [1.29, 1.82) is 0 Å². The Kier molecular flexibility index (Phi) is 5.82. The second-order valence-electron chi connectivity index (χ2n) is 5.78. The zero-order valence-electron chi connectivity index (χ0n) is 14.2. The van der Waals surface area contributed by atoms with Gasteiger partial charge in [-0.05, 0) is 43.8 Å². The van der Waals surface area contributed by atoms with Gasteiger partial charge in [0.1, 0.15) is 17.3 Å². The molecule has 1 aromatic carbocycles. The van der Waals surface area contributed by atoms with E-state index in [0.717, 1.165) is 22.8 Å². The van der Waals surface area contributed by atoms with Crippen molar-refractivity contribution in [3.63, 3.8) is 0 Å². The molecule has 1 aromatic heterocycles. The molecule has 0 radical (unpaired) electrons. The predicted molar refractivity (Wildman–Crippen MR) is 89.2 cm³/mol. The van der Waals surface area contributed by atoms with Gasteiger partial charge in [-0.15, -0.1) is 0 Å². The van der Waals surface area contributed by atoms with Crippen LogP contribution in [0.5, 0.6) is 5.75 Å². The fourth-order valence-electron chi connectivity index (χ4n) is 2.34. The van der Waals surface area contributed by atoms with E-state index in [-0.39, 0.29) is 5.91 Å². The summed E-state index contributed by atoms with van der Waals surface area (Å²) >= 11 is 0. The van der Waals surface area contributed by atoms with Crippen LogP contribution in [0.1, 0.15) is 17.1 Å². The van der Waals surface area contributed by atoms with E-state index < -0.39 is 0 Å². The summed E-state index contributed by atoms with van der Waals surface area (Å²) in [5, 5.41) is 0. The Morgan fingerprint density at radius 1 is 1.09 bits per heavy atom. The molecule has 0 saturated carbocycles. The highest BCUT2D eigenvalue weighted by Crippen LogP contribution is 2.13. The van der Waals surface area contributed by atoms with Gasteiger partial charge in [-0.2, -0.15) is 0 Å². The van der Waals surface area contributed by atoms with E-state index >= 15 is 0 Å². The Bertz CT molecular complexity index is 634. The summed E-state index contributed by atoms with van der Waals surface area (Å²) in [7, 11) is 5.37. The normalized spacial score (nSPS) is 10.8. The predicted octanol–water partition coefficient (Wildman–Crippen LogP) is 2.69. The summed E-state index contributed by atoms with van der Waals surface area (Å²) in [4.78, 5) is 16.0. The van der Waals surface area contributed by atoms with Crippen LogP contribution >= 0.6 is 0 Å². The average molecular weight is 316 g/mol. The third-order valence-electron chi connectivity index (χ3n) is 3.63. The van der Waals surface area contributed by atoms with Crippen LogP contribution in [0.15, 0.2) is 40.8 Å². The molecule has 0 unspecified atom stereocenters. The molecular formula is C18H24N2O3. The SMILES string of the molecule is COc1ccc(CN(C)C(=O)CN(C)Cc2ccc(C)o2)cc1. The number of aryl methyl sites for hydroxylation is 1. The number of rotatable bonds is 7. The van der Waals surface area contributed by atoms with Gasteiger partial charge in [0.15, 0.2) is 0 Å². The van der Waals surface area contributed by atoms with Gasteiger partial charge in [0.2, 0.25) is 5.91 Å². The first-order chi connectivity index (χ1) is 11.0. The Hall–Kier alpha value is -2.27. The minimum atomic E-state index is 0.0756. The van der Waals surface area contributed by atoms with Crippen LogP contribution in [0.2, 0.25) is 0 Å². The fourth-order valence-corrected chi connectivity index (χ4v) is 2.34. The molecule has 0 saturated heterocycles. The van der Waals surface area contributed by atoms with Gasteiger partial charge in [-0.25, -0.2) is 0 Å². The lowest BCUT2D eigenvalue weighted by Gasteiger charge is -2.21. The van der Waals surface area contributed by atoms with Crippen molar-refractivity contribution >= 4 is 5.91 Å². The molecule has 0 aliphatic rings. The van der Waals surface area contributed by atoms with Gasteiger partial charge in [0.05, 0.1) is 20.2 Å². The van der Waals surface area contributed by atoms with Crippen molar-refractivity contribution < 1.29 is 13.9 Å². The Morgan fingerprint density at radius 2 is 1.78 bits per heavy atom. The number of methoxy groups -OCH3 is 1. The van der Waals surface area contributed by atoms with E-state index in [9.17, 15) is 4.79 Å². The smallest absolute Gasteiger partial charge is 0.236 e. The number of amides is 1. The standard InChI is InChI=1S/C18H24N2O3/c1-14-5-8-17(23-14)12-19(2)13-18(21)20(3)11-15-6-9-16(22-4)10-7-15/h5-10H,11-13H2,1-4H3. The van der Waals surface area contributed by atoms with Crippen LogP contribution in [0, 0.1) is 6.92 Å². The zero-order chi connectivity index (χ0) is 16.8. The summed E-state index contributed by atoms with van der Waals surface area (Å²) in [6.07, 6.45) is 0. The van der Waals surface area contributed by atoms with Gasteiger partial charge in [0.25, 0.3) is 0 Å². The largest absolute Gasteiger partial charge is 0.497 e. The van der Waals surface area contributed by atoms with E-state index in [1.54, 1.807) is 12.0 Å². The summed E-state index contributed by atoms with van der Waals surface area (Å²) in [5.74, 6) is 2.65.